The van der Waals surface area contributed by atoms with Gasteiger partial charge in [0.05, 0.1) is 18.0 Å². The highest BCUT2D eigenvalue weighted by Gasteiger charge is 2.09. The van der Waals surface area contributed by atoms with Gasteiger partial charge in [0.1, 0.15) is 5.75 Å². The number of H-pyrrole nitrogens is 1. The van der Waals surface area contributed by atoms with E-state index >= 15 is 0 Å². The number of ether oxygens (including phenoxy) is 1. The van der Waals surface area contributed by atoms with Gasteiger partial charge < -0.3 is 15.0 Å². The second-order valence-corrected chi connectivity index (χ2v) is 5.98. The molecule has 128 valence electrons. The van der Waals surface area contributed by atoms with Crippen LogP contribution in [0.3, 0.4) is 0 Å². The van der Waals surface area contributed by atoms with Crippen molar-refractivity contribution in [2.24, 2.45) is 7.05 Å². The van der Waals surface area contributed by atoms with Crippen molar-refractivity contribution in [3.05, 3.63) is 68.7 Å². The Hall–Kier alpha value is -2.93. The zero-order valence-electron chi connectivity index (χ0n) is 13.8. The molecule has 0 saturated carbocycles. The van der Waals surface area contributed by atoms with E-state index in [1.165, 1.54) is 4.57 Å². The number of aromatic nitrogens is 2. The molecule has 2 aromatic carbocycles. The van der Waals surface area contributed by atoms with Crippen LogP contribution in [0.1, 0.15) is 15.9 Å². The summed E-state index contributed by atoms with van der Waals surface area (Å²) in [5, 5.41) is 3.34. The molecule has 0 atom stereocenters. The molecule has 0 saturated heterocycles. The third kappa shape index (κ3) is 3.46. The van der Waals surface area contributed by atoms with E-state index < -0.39 is 0 Å². The molecule has 6 nitrogen and oxygen atoms in total. The van der Waals surface area contributed by atoms with Gasteiger partial charge in [0, 0.05) is 19.2 Å². The summed E-state index contributed by atoms with van der Waals surface area (Å²) in [6, 6.07) is 12.4. The Labute approximate surface area is 149 Å². The third-order valence-corrected chi connectivity index (χ3v) is 4.33. The maximum absolute atomic E-state index is 12.4. The maximum atomic E-state index is 12.4. The largest absolute Gasteiger partial charge is 0.497 e. The van der Waals surface area contributed by atoms with Crippen LogP contribution in [0.25, 0.3) is 10.9 Å². The Morgan fingerprint density at radius 3 is 2.84 bits per heavy atom. The van der Waals surface area contributed by atoms with Crippen LogP contribution >= 0.6 is 12.2 Å². The lowest BCUT2D eigenvalue weighted by atomic mass is 10.1. The summed E-state index contributed by atoms with van der Waals surface area (Å²) in [4.78, 5) is 27.5. The molecular weight excluding hydrogens is 338 g/mol. The summed E-state index contributed by atoms with van der Waals surface area (Å²) in [6.45, 7) is 0.376. The first kappa shape index (κ1) is 16.9. The zero-order valence-corrected chi connectivity index (χ0v) is 14.6. The fraction of sp³-hybridized carbons (Fsp3) is 0.167. The van der Waals surface area contributed by atoms with Crippen LogP contribution in [-0.2, 0) is 13.6 Å². The molecule has 0 fully saturated rings. The molecule has 0 radical (unpaired) electrons. The van der Waals surface area contributed by atoms with Gasteiger partial charge in [-0.2, -0.15) is 0 Å². The van der Waals surface area contributed by atoms with Crippen molar-refractivity contribution >= 4 is 29.0 Å². The van der Waals surface area contributed by atoms with Crippen molar-refractivity contribution in [3.63, 3.8) is 0 Å². The molecule has 1 amide bonds. The van der Waals surface area contributed by atoms with Crippen molar-refractivity contribution < 1.29 is 9.53 Å². The number of carbonyl (C=O) groups is 1. The maximum Gasteiger partial charge on any atom is 0.261 e. The fourth-order valence-electron chi connectivity index (χ4n) is 2.51. The van der Waals surface area contributed by atoms with Gasteiger partial charge in [-0.05, 0) is 48.1 Å². The number of benzene rings is 2. The van der Waals surface area contributed by atoms with E-state index in [2.05, 4.69) is 10.3 Å². The normalized spacial score (nSPS) is 10.6. The second-order valence-electron chi connectivity index (χ2n) is 5.59. The van der Waals surface area contributed by atoms with Crippen molar-refractivity contribution in [2.45, 2.75) is 6.54 Å². The van der Waals surface area contributed by atoms with Gasteiger partial charge in [0.25, 0.3) is 11.5 Å². The third-order valence-electron chi connectivity index (χ3n) is 3.95. The SMILES string of the molecule is COc1cccc(CNC(=O)c2ccc3c(=O)n(C)c(=S)[nH]c3c2)c1. The minimum atomic E-state index is -0.232. The Bertz CT molecular complexity index is 1070. The number of hydrogen-bond acceptors (Lipinski definition) is 4. The average molecular weight is 355 g/mol. The van der Waals surface area contributed by atoms with Crippen LogP contribution in [-0.4, -0.2) is 22.6 Å². The number of rotatable bonds is 4. The fourth-order valence-corrected chi connectivity index (χ4v) is 2.71. The summed E-state index contributed by atoms with van der Waals surface area (Å²) >= 11 is 5.11. The van der Waals surface area contributed by atoms with Gasteiger partial charge in [-0.15, -0.1) is 0 Å². The first-order valence-corrected chi connectivity index (χ1v) is 8.04. The lowest BCUT2D eigenvalue weighted by molar-refractivity contribution is 0.0951. The molecule has 2 N–H and O–H groups in total. The standard InChI is InChI=1S/C18H17N3O3S/c1-21-17(23)14-7-6-12(9-15(14)20-18(21)25)16(22)19-10-11-4-3-5-13(8-11)24-2/h3-9H,10H2,1-2H3,(H,19,22)(H,20,25). The highest BCUT2D eigenvalue weighted by atomic mass is 32.1. The highest BCUT2D eigenvalue weighted by Crippen LogP contribution is 2.13. The number of nitrogens with zero attached hydrogens (tertiary/aromatic N) is 1. The Morgan fingerprint density at radius 2 is 2.08 bits per heavy atom. The van der Waals surface area contributed by atoms with Gasteiger partial charge >= 0.3 is 0 Å². The van der Waals surface area contributed by atoms with Gasteiger partial charge in [-0.25, -0.2) is 0 Å². The van der Waals surface area contributed by atoms with Crippen LogP contribution in [0.15, 0.2) is 47.3 Å². The predicted octanol–water partition coefficient (Wildman–Crippen LogP) is 2.53. The molecule has 3 rings (SSSR count). The summed E-state index contributed by atoms with van der Waals surface area (Å²) < 4.78 is 6.84. The monoisotopic (exact) mass is 355 g/mol. The number of carbonyl (C=O) groups excluding carboxylic acids is 1. The molecule has 7 heteroatoms. The second kappa shape index (κ2) is 6.90. The molecule has 0 unspecified atom stereocenters. The molecule has 0 spiro atoms. The van der Waals surface area contributed by atoms with E-state index in [-0.39, 0.29) is 11.5 Å². The lowest BCUT2D eigenvalue weighted by Gasteiger charge is -2.08. The summed E-state index contributed by atoms with van der Waals surface area (Å²) in [5.74, 6) is 0.505. The van der Waals surface area contributed by atoms with Crippen LogP contribution in [0.2, 0.25) is 0 Å². The van der Waals surface area contributed by atoms with E-state index in [1.54, 1.807) is 32.4 Å². The summed E-state index contributed by atoms with van der Waals surface area (Å²) in [5.41, 5.74) is 1.74. The Balaban J connectivity index is 1.83. The number of methoxy groups -OCH3 is 1. The van der Waals surface area contributed by atoms with Gasteiger partial charge in [0.2, 0.25) is 0 Å². The topological polar surface area (TPSA) is 76.1 Å². The molecule has 1 heterocycles. The van der Waals surface area contributed by atoms with E-state index in [9.17, 15) is 9.59 Å². The number of nitrogens with one attached hydrogen (secondary N) is 2. The number of amides is 1. The first-order chi connectivity index (χ1) is 12.0. The summed E-state index contributed by atoms with van der Waals surface area (Å²) in [6.07, 6.45) is 0. The minimum absolute atomic E-state index is 0.193. The van der Waals surface area contributed by atoms with E-state index in [1.807, 2.05) is 24.3 Å². The zero-order chi connectivity index (χ0) is 18.0. The smallest absolute Gasteiger partial charge is 0.261 e. The molecule has 0 aliphatic heterocycles. The van der Waals surface area contributed by atoms with E-state index in [4.69, 9.17) is 17.0 Å². The molecule has 0 aliphatic rings. The molecule has 25 heavy (non-hydrogen) atoms. The van der Waals surface area contributed by atoms with E-state index in [0.717, 1.165) is 11.3 Å². The van der Waals surface area contributed by atoms with E-state index in [0.29, 0.717) is 27.8 Å². The predicted molar refractivity (Wildman–Crippen MR) is 98.5 cm³/mol. The van der Waals surface area contributed by atoms with Crippen LogP contribution in [0.4, 0.5) is 0 Å². The van der Waals surface area contributed by atoms with Crippen LogP contribution in [0, 0.1) is 4.77 Å². The average Bonchev–Trinajstić information content (AvgIpc) is 2.64. The molecular formula is C18H17N3O3S. The van der Waals surface area contributed by atoms with Crippen LogP contribution in [0.5, 0.6) is 5.75 Å². The minimum Gasteiger partial charge on any atom is -0.497 e. The van der Waals surface area contributed by atoms with Crippen molar-refractivity contribution in [3.8, 4) is 5.75 Å². The lowest BCUT2D eigenvalue weighted by Crippen LogP contribution is -2.23. The van der Waals surface area contributed by atoms with Crippen molar-refractivity contribution in [1.82, 2.24) is 14.9 Å². The van der Waals surface area contributed by atoms with Crippen molar-refractivity contribution in [2.75, 3.05) is 7.11 Å². The van der Waals surface area contributed by atoms with Gasteiger partial charge in [-0.1, -0.05) is 12.1 Å². The Kier molecular flexibility index (Phi) is 4.67. The molecule has 3 aromatic rings. The molecule has 0 bridgehead atoms. The van der Waals surface area contributed by atoms with Crippen molar-refractivity contribution in [1.29, 1.82) is 0 Å². The Morgan fingerprint density at radius 1 is 1.28 bits per heavy atom. The van der Waals surface area contributed by atoms with Gasteiger partial charge in [-0.3, -0.25) is 14.2 Å². The molecule has 1 aromatic heterocycles. The summed E-state index contributed by atoms with van der Waals surface area (Å²) in [7, 11) is 3.20. The molecule has 0 aliphatic carbocycles. The first-order valence-electron chi connectivity index (χ1n) is 7.64. The number of fused-ring (bicyclic) bond motifs is 1. The highest BCUT2D eigenvalue weighted by molar-refractivity contribution is 7.71. The van der Waals surface area contributed by atoms with Crippen LogP contribution < -0.4 is 15.6 Å². The quantitative estimate of drug-likeness (QED) is 0.705. The number of hydrogen-bond donors (Lipinski definition) is 2. The van der Waals surface area contributed by atoms with Gasteiger partial charge in [0.15, 0.2) is 4.77 Å². The number of aromatic amines is 1.